The van der Waals surface area contributed by atoms with Gasteiger partial charge in [0.05, 0.1) is 5.54 Å². The second-order valence-corrected chi connectivity index (χ2v) is 3.79. The van der Waals surface area contributed by atoms with Crippen LogP contribution in [-0.4, -0.2) is 13.1 Å². The smallest absolute Gasteiger partial charge is 0.123 e. The molecule has 0 saturated carbocycles. The minimum Gasteiger partial charge on any atom is -0.319 e. The molecular weight excluding hydrogens is 191 g/mol. The average molecular weight is 201 g/mol. The van der Waals surface area contributed by atoms with Gasteiger partial charge in [-0.1, -0.05) is 11.6 Å². The molecule has 0 aliphatic carbocycles. The van der Waals surface area contributed by atoms with Gasteiger partial charge < -0.3 is 11.1 Å². The summed E-state index contributed by atoms with van der Waals surface area (Å²) in [6.45, 7) is 1.30. The summed E-state index contributed by atoms with van der Waals surface area (Å²) in [5.41, 5.74) is 6.18. The summed E-state index contributed by atoms with van der Waals surface area (Å²) in [6, 6.07) is 4.28. The van der Waals surface area contributed by atoms with E-state index in [1.807, 2.05) is 0 Å². The van der Waals surface area contributed by atoms with E-state index < -0.39 is 5.54 Å². The van der Waals surface area contributed by atoms with E-state index in [2.05, 4.69) is 5.32 Å². The standard InChI is InChI=1S/C9H10ClFN2/c10-8-2-1-6(11)3-7(8)9(12)4-13-5-9/h1-3,13H,4-5,12H2. The van der Waals surface area contributed by atoms with Crippen LogP contribution in [0, 0.1) is 5.82 Å². The van der Waals surface area contributed by atoms with Gasteiger partial charge in [0.2, 0.25) is 0 Å². The molecule has 13 heavy (non-hydrogen) atoms. The van der Waals surface area contributed by atoms with Crippen molar-refractivity contribution in [1.29, 1.82) is 0 Å². The quantitative estimate of drug-likeness (QED) is 0.716. The fourth-order valence-electron chi connectivity index (χ4n) is 1.46. The first-order chi connectivity index (χ1) is 6.12. The van der Waals surface area contributed by atoms with E-state index in [9.17, 15) is 4.39 Å². The van der Waals surface area contributed by atoms with Gasteiger partial charge in [-0.05, 0) is 23.8 Å². The molecule has 3 N–H and O–H groups in total. The lowest BCUT2D eigenvalue weighted by Crippen LogP contribution is -2.62. The van der Waals surface area contributed by atoms with Crippen molar-refractivity contribution < 1.29 is 4.39 Å². The lowest BCUT2D eigenvalue weighted by Gasteiger charge is -2.40. The van der Waals surface area contributed by atoms with Gasteiger partial charge in [0.25, 0.3) is 0 Å². The molecule has 0 aromatic heterocycles. The molecule has 1 aliphatic heterocycles. The van der Waals surface area contributed by atoms with E-state index in [4.69, 9.17) is 17.3 Å². The van der Waals surface area contributed by atoms with Gasteiger partial charge in [0.15, 0.2) is 0 Å². The summed E-state index contributed by atoms with van der Waals surface area (Å²) < 4.78 is 12.9. The molecule has 1 aromatic rings. The Morgan fingerprint density at radius 3 is 2.69 bits per heavy atom. The lowest BCUT2D eigenvalue weighted by atomic mass is 9.85. The van der Waals surface area contributed by atoms with E-state index in [-0.39, 0.29) is 5.82 Å². The summed E-state index contributed by atoms with van der Waals surface area (Å²) in [5, 5.41) is 3.57. The largest absolute Gasteiger partial charge is 0.319 e. The zero-order valence-electron chi connectivity index (χ0n) is 6.98. The zero-order chi connectivity index (χ0) is 9.47. The molecule has 1 fully saturated rings. The van der Waals surface area contributed by atoms with Crippen LogP contribution in [-0.2, 0) is 5.54 Å². The Bertz CT molecular complexity index is 336. The minimum absolute atomic E-state index is 0.295. The number of rotatable bonds is 1. The van der Waals surface area contributed by atoms with Crippen LogP contribution in [0.3, 0.4) is 0 Å². The molecule has 70 valence electrons. The van der Waals surface area contributed by atoms with Crippen molar-refractivity contribution >= 4 is 11.6 Å². The van der Waals surface area contributed by atoms with Gasteiger partial charge in [-0.2, -0.15) is 0 Å². The number of hydrogen-bond donors (Lipinski definition) is 2. The number of halogens is 2. The number of benzene rings is 1. The van der Waals surface area contributed by atoms with Crippen molar-refractivity contribution in [2.24, 2.45) is 5.73 Å². The molecule has 1 aromatic carbocycles. The first-order valence-corrected chi connectivity index (χ1v) is 4.45. The normalized spacial score (nSPS) is 19.6. The highest BCUT2D eigenvalue weighted by atomic mass is 35.5. The Morgan fingerprint density at radius 1 is 1.46 bits per heavy atom. The Labute approximate surface area is 80.9 Å². The molecule has 0 bridgehead atoms. The highest BCUT2D eigenvalue weighted by Gasteiger charge is 2.36. The van der Waals surface area contributed by atoms with Gasteiger partial charge >= 0.3 is 0 Å². The molecule has 0 atom stereocenters. The Balaban J connectivity index is 2.43. The third-order valence-electron chi connectivity index (χ3n) is 2.35. The van der Waals surface area contributed by atoms with E-state index in [0.29, 0.717) is 23.7 Å². The van der Waals surface area contributed by atoms with Crippen molar-refractivity contribution in [3.63, 3.8) is 0 Å². The SMILES string of the molecule is NC1(c2cc(F)ccc2Cl)CNC1. The number of nitrogens with two attached hydrogens (primary N) is 1. The van der Waals surface area contributed by atoms with Crippen molar-refractivity contribution in [2.75, 3.05) is 13.1 Å². The van der Waals surface area contributed by atoms with E-state index in [1.54, 1.807) is 6.07 Å². The third kappa shape index (κ3) is 1.43. The maximum absolute atomic E-state index is 12.9. The fourth-order valence-corrected chi connectivity index (χ4v) is 1.77. The van der Waals surface area contributed by atoms with Crippen molar-refractivity contribution in [3.05, 3.63) is 34.6 Å². The maximum atomic E-state index is 12.9. The molecule has 4 heteroatoms. The van der Waals surface area contributed by atoms with Crippen LogP contribution in [0.1, 0.15) is 5.56 Å². The first-order valence-electron chi connectivity index (χ1n) is 4.07. The second kappa shape index (κ2) is 2.94. The lowest BCUT2D eigenvalue weighted by molar-refractivity contribution is 0.286. The summed E-state index contributed by atoms with van der Waals surface area (Å²) in [5.74, 6) is -0.295. The molecule has 0 unspecified atom stereocenters. The predicted molar refractivity (Wildman–Crippen MR) is 50.1 cm³/mol. The summed E-state index contributed by atoms with van der Waals surface area (Å²) in [4.78, 5) is 0. The Morgan fingerprint density at radius 2 is 2.15 bits per heavy atom. The molecule has 2 rings (SSSR count). The number of hydrogen-bond acceptors (Lipinski definition) is 2. The molecular formula is C9H10ClFN2. The zero-order valence-corrected chi connectivity index (χ0v) is 7.74. The van der Waals surface area contributed by atoms with Crippen LogP contribution in [0.25, 0.3) is 0 Å². The first kappa shape index (κ1) is 8.94. The summed E-state index contributed by atoms with van der Waals surface area (Å²) in [6.07, 6.45) is 0. The molecule has 1 aliphatic rings. The molecule has 0 spiro atoms. The van der Waals surface area contributed by atoms with Crippen LogP contribution in [0.4, 0.5) is 4.39 Å². The maximum Gasteiger partial charge on any atom is 0.123 e. The molecule has 2 nitrogen and oxygen atoms in total. The highest BCUT2D eigenvalue weighted by molar-refractivity contribution is 6.31. The summed E-state index contributed by atoms with van der Waals surface area (Å²) >= 11 is 5.92. The Hall–Kier alpha value is -0.640. The van der Waals surface area contributed by atoms with Gasteiger partial charge in [-0.25, -0.2) is 4.39 Å². The molecule has 0 radical (unpaired) electrons. The van der Waals surface area contributed by atoms with Crippen LogP contribution in [0.15, 0.2) is 18.2 Å². The number of nitrogens with one attached hydrogen (secondary N) is 1. The Kier molecular flexibility index (Phi) is 2.02. The monoisotopic (exact) mass is 200 g/mol. The minimum atomic E-state index is -0.487. The van der Waals surface area contributed by atoms with Crippen LogP contribution in [0.2, 0.25) is 5.02 Å². The van der Waals surface area contributed by atoms with Gasteiger partial charge in [-0.15, -0.1) is 0 Å². The van der Waals surface area contributed by atoms with Gasteiger partial charge in [0.1, 0.15) is 5.82 Å². The van der Waals surface area contributed by atoms with Crippen LogP contribution < -0.4 is 11.1 Å². The van der Waals surface area contributed by atoms with E-state index in [0.717, 1.165) is 0 Å². The van der Waals surface area contributed by atoms with Crippen molar-refractivity contribution in [2.45, 2.75) is 5.54 Å². The van der Waals surface area contributed by atoms with Gasteiger partial charge in [0, 0.05) is 18.1 Å². The molecule has 1 heterocycles. The second-order valence-electron chi connectivity index (χ2n) is 3.38. The fraction of sp³-hybridized carbons (Fsp3) is 0.333. The van der Waals surface area contributed by atoms with Crippen molar-refractivity contribution in [3.8, 4) is 0 Å². The van der Waals surface area contributed by atoms with E-state index in [1.165, 1.54) is 12.1 Å². The van der Waals surface area contributed by atoms with E-state index >= 15 is 0 Å². The van der Waals surface area contributed by atoms with Crippen molar-refractivity contribution in [1.82, 2.24) is 5.32 Å². The molecule has 0 amide bonds. The van der Waals surface area contributed by atoms with Gasteiger partial charge in [-0.3, -0.25) is 0 Å². The molecule has 1 saturated heterocycles. The predicted octanol–water partition coefficient (Wildman–Crippen LogP) is 1.24. The van der Waals surface area contributed by atoms with Crippen LogP contribution in [0.5, 0.6) is 0 Å². The average Bonchev–Trinajstić information content (AvgIpc) is 2.05. The van der Waals surface area contributed by atoms with Crippen LogP contribution >= 0.6 is 11.6 Å². The summed E-state index contributed by atoms with van der Waals surface area (Å²) in [7, 11) is 0. The third-order valence-corrected chi connectivity index (χ3v) is 2.68. The highest BCUT2D eigenvalue weighted by Crippen LogP contribution is 2.29. The topological polar surface area (TPSA) is 38.0 Å².